The third-order valence-electron chi connectivity index (χ3n) is 4.54. The van der Waals surface area contributed by atoms with Crippen LogP contribution in [0.5, 0.6) is 5.75 Å². The van der Waals surface area contributed by atoms with Crippen LogP contribution in [0.15, 0.2) is 72.2 Å². The summed E-state index contributed by atoms with van der Waals surface area (Å²) in [5, 5.41) is 6.59. The smallest absolute Gasteiger partial charge is 0.408 e. The topological polar surface area (TPSA) is 118 Å². The number of H-pyrrole nitrogens is 1. The number of benzene rings is 2. The van der Waals surface area contributed by atoms with E-state index in [9.17, 15) is 9.59 Å². The molecule has 0 fully saturated rings. The Morgan fingerprint density at radius 3 is 2.64 bits per heavy atom. The zero-order valence-corrected chi connectivity index (χ0v) is 18.4. The van der Waals surface area contributed by atoms with E-state index in [1.165, 1.54) is 12.5 Å². The zero-order valence-electron chi connectivity index (χ0n) is 18.4. The summed E-state index contributed by atoms with van der Waals surface area (Å²) in [7, 11) is 0. The maximum Gasteiger partial charge on any atom is 0.408 e. The fourth-order valence-corrected chi connectivity index (χ4v) is 2.85. The number of hydrazone groups is 1. The van der Waals surface area contributed by atoms with Gasteiger partial charge in [0.2, 0.25) is 0 Å². The van der Waals surface area contributed by atoms with E-state index in [1.54, 1.807) is 6.20 Å². The summed E-state index contributed by atoms with van der Waals surface area (Å²) >= 11 is 0. The lowest BCUT2D eigenvalue weighted by Crippen LogP contribution is -2.47. The molecule has 172 valence electrons. The first-order chi connectivity index (χ1) is 16.1. The van der Waals surface area contributed by atoms with E-state index in [4.69, 9.17) is 9.47 Å². The quantitative estimate of drug-likeness (QED) is 0.307. The van der Waals surface area contributed by atoms with Gasteiger partial charge in [0.25, 0.3) is 5.91 Å². The van der Waals surface area contributed by atoms with E-state index in [1.807, 2.05) is 61.5 Å². The van der Waals surface area contributed by atoms with E-state index < -0.39 is 18.0 Å². The largest absolute Gasteiger partial charge is 0.494 e. The van der Waals surface area contributed by atoms with E-state index in [2.05, 4.69) is 25.8 Å². The molecule has 3 aromatic rings. The van der Waals surface area contributed by atoms with Gasteiger partial charge < -0.3 is 19.8 Å². The first-order valence-corrected chi connectivity index (χ1v) is 10.6. The van der Waals surface area contributed by atoms with E-state index in [-0.39, 0.29) is 13.0 Å². The molecule has 1 aromatic heterocycles. The molecule has 0 radical (unpaired) electrons. The number of hydrogen-bond donors (Lipinski definition) is 3. The van der Waals surface area contributed by atoms with Crippen molar-refractivity contribution in [3.8, 4) is 5.75 Å². The van der Waals surface area contributed by atoms with Gasteiger partial charge >= 0.3 is 6.09 Å². The maximum absolute atomic E-state index is 12.7. The van der Waals surface area contributed by atoms with Crippen LogP contribution >= 0.6 is 0 Å². The number of imidazole rings is 1. The van der Waals surface area contributed by atoms with Crippen LogP contribution in [-0.4, -0.2) is 40.8 Å². The molecule has 3 rings (SSSR count). The molecule has 3 N–H and O–H groups in total. The highest BCUT2D eigenvalue weighted by Gasteiger charge is 2.22. The molecule has 2 aromatic carbocycles. The highest BCUT2D eigenvalue weighted by Crippen LogP contribution is 2.11. The molecule has 0 unspecified atom stereocenters. The molecule has 1 heterocycles. The van der Waals surface area contributed by atoms with Gasteiger partial charge in [0.15, 0.2) is 0 Å². The van der Waals surface area contributed by atoms with Crippen molar-refractivity contribution in [1.29, 1.82) is 0 Å². The third kappa shape index (κ3) is 8.13. The van der Waals surface area contributed by atoms with Crippen LogP contribution in [0.3, 0.4) is 0 Å². The molecular formula is C24H27N5O4. The Hall–Kier alpha value is -4.14. The molecule has 1 atom stereocenters. The first-order valence-electron chi connectivity index (χ1n) is 10.6. The lowest BCUT2D eigenvalue weighted by molar-refractivity contribution is -0.123. The minimum Gasteiger partial charge on any atom is -0.494 e. The summed E-state index contributed by atoms with van der Waals surface area (Å²) in [5.41, 5.74) is 4.79. The second-order valence-corrected chi connectivity index (χ2v) is 7.19. The molecule has 0 saturated carbocycles. The van der Waals surface area contributed by atoms with Crippen molar-refractivity contribution in [2.75, 3.05) is 6.61 Å². The van der Waals surface area contributed by atoms with Gasteiger partial charge in [0.1, 0.15) is 18.4 Å². The molecule has 9 nitrogen and oxygen atoms in total. The van der Waals surface area contributed by atoms with Crippen molar-refractivity contribution < 1.29 is 19.1 Å². The number of aromatic amines is 1. The van der Waals surface area contributed by atoms with Gasteiger partial charge in [-0.3, -0.25) is 4.79 Å². The molecule has 0 aliphatic rings. The van der Waals surface area contributed by atoms with Crippen molar-refractivity contribution in [2.24, 2.45) is 5.10 Å². The Balaban J connectivity index is 1.55. The summed E-state index contributed by atoms with van der Waals surface area (Å²) < 4.78 is 10.8. The van der Waals surface area contributed by atoms with Crippen molar-refractivity contribution in [3.63, 3.8) is 0 Å². The Labute approximate surface area is 192 Å². The standard InChI is InChI=1S/C24H27N5O4/c1-2-12-32-21-10-8-18(9-11-21)14-27-29-23(30)22(13-20-15-25-17-26-20)28-24(31)33-16-19-6-4-3-5-7-19/h3-11,14-15,17,22H,2,12-13,16H2,1H3,(H,25,26)(H,28,31)(H,29,30)/b27-14-/t22-/m1/s1. The molecule has 0 aliphatic heterocycles. The number of nitrogens with one attached hydrogen (secondary N) is 3. The Bertz CT molecular complexity index is 1020. The summed E-state index contributed by atoms with van der Waals surface area (Å²) in [6.07, 6.45) is 5.04. The van der Waals surface area contributed by atoms with Crippen molar-refractivity contribution >= 4 is 18.2 Å². The van der Waals surface area contributed by atoms with Crippen LogP contribution < -0.4 is 15.5 Å². The van der Waals surface area contributed by atoms with Crippen molar-refractivity contribution in [1.82, 2.24) is 20.7 Å². The van der Waals surface area contributed by atoms with Crippen LogP contribution in [0.25, 0.3) is 0 Å². The summed E-state index contributed by atoms with van der Waals surface area (Å²) in [6, 6.07) is 15.7. The second-order valence-electron chi connectivity index (χ2n) is 7.19. The number of ether oxygens (including phenoxy) is 2. The minimum absolute atomic E-state index is 0.0984. The van der Waals surface area contributed by atoms with E-state index in [0.29, 0.717) is 12.3 Å². The van der Waals surface area contributed by atoms with Crippen LogP contribution in [0.2, 0.25) is 0 Å². The summed E-state index contributed by atoms with van der Waals surface area (Å²) in [6.45, 7) is 2.80. The zero-order chi connectivity index (χ0) is 23.3. The van der Waals surface area contributed by atoms with Gasteiger partial charge in [-0.2, -0.15) is 5.10 Å². The predicted molar refractivity (Wildman–Crippen MR) is 124 cm³/mol. The van der Waals surface area contributed by atoms with Gasteiger partial charge in [-0.15, -0.1) is 0 Å². The summed E-state index contributed by atoms with van der Waals surface area (Å²) in [4.78, 5) is 31.8. The van der Waals surface area contributed by atoms with Crippen molar-refractivity contribution in [2.45, 2.75) is 32.4 Å². The maximum atomic E-state index is 12.7. The molecule has 33 heavy (non-hydrogen) atoms. The number of hydrogen-bond acceptors (Lipinski definition) is 6. The monoisotopic (exact) mass is 449 g/mol. The second kappa shape index (κ2) is 12.7. The number of carbonyl (C=O) groups excluding carboxylic acids is 2. The minimum atomic E-state index is -0.907. The van der Waals surface area contributed by atoms with E-state index >= 15 is 0 Å². The highest BCUT2D eigenvalue weighted by atomic mass is 16.5. The SMILES string of the molecule is CCCOc1ccc(/C=N\NC(=O)[C@@H](Cc2cnc[nH]2)NC(=O)OCc2ccccc2)cc1. The molecule has 2 amide bonds. The Morgan fingerprint density at radius 2 is 1.94 bits per heavy atom. The fraction of sp³-hybridized carbons (Fsp3) is 0.250. The summed E-state index contributed by atoms with van der Waals surface area (Å²) in [5.74, 6) is 0.288. The lowest BCUT2D eigenvalue weighted by Gasteiger charge is -2.16. The molecular weight excluding hydrogens is 422 g/mol. The predicted octanol–water partition coefficient (Wildman–Crippen LogP) is 3.19. The van der Waals surface area contributed by atoms with Gasteiger partial charge in [-0.1, -0.05) is 37.3 Å². The molecule has 9 heteroatoms. The Kier molecular flexibility index (Phi) is 9.02. The Morgan fingerprint density at radius 1 is 1.15 bits per heavy atom. The van der Waals surface area contributed by atoms with Gasteiger partial charge in [-0.25, -0.2) is 15.2 Å². The fourth-order valence-electron chi connectivity index (χ4n) is 2.85. The molecule has 0 aliphatic carbocycles. The number of carbonyl (C=O) groups is 2. The van der Waals surface area contributed by atoms with Gasteiger partial charge in [-0.05, 0) is 41.8 Å². The van der Waals surface area contributed by atoms with Gasteiger partial charge in [0.05, 0.1) is 19.1 Å². The number of rotatable bonds is 11. The normalized spacial score (nSPS) is 11.7. The van der Waals surface area contributed by atoms with Crippen LogP contribution in [-0.2, 0) is 22.6 Å². The number of aromatic nitrogens is 2. The van der Waals surface area contributed by atoms with Crippen LogP contribution in [0, 0.1) is 0 Å². The highest BCUT2D eigenvalue weighted by molar-refractivity contribution is 5.87. The molecule has 0 saturated heterocycles. The average Bonchev–Trinajstić information content (AvgIpc) is 3.35. The lowest BCUT2D eigenvalue weighted by atomic mass is 10.1. The van der Waals surface area contributed by atoms with Crippen LogP contribution in [0.1, 0.15) is 30.2 Å². The average molecular weight is 450 g/mol. The van der Waals surface area contributed by atoms with Crippen molar-refractivity contribution in [3.05, 3.63) is 83.9 Å². The number of amides is 2. The van der Waals surface area contributed by atoms with Gasteiger partial charge in [0, 0.05) is 18.3 Å². The number of alkyl carbamates (subject to hydrolysis) is 1. The molecule has 0 bridgehead atoms. The van der Waals surface area contributed by atoms with Crippen LogP contribution in [0.4, 0.5) is 4.79 Å². The number of nitrogens with zero attached hydrogens (tertiary/aromatic N) is 2. The third-order valence-corrected chi connectivity index (χ3v) is 4.54. The van der Waals surface area contributed by atoms with E-state index in [0.717, 1.165) is 23.3 Å². The first kappa shape index (κ1) is 23.5. The molecule has 0 spiro atoms.